The van der Waals surface area contributed by atoms with Gasteiger partial charge in [0.1, 0.15) is 5.69 Å². The first-order valence-corrected chi connectivity index (χ1v) is 8.43. The van der Waals surface area contributed by atoms with Crippen molar-refractivity contribution in [3.8, 4) is 11.5 Å². The molecule has 2 N–H and O–H groups in total. The molecule has 4 rings (SSSR count). The van der Waals surface area contributed by atoms with Gasteiger partial charge in [0.25, 0.3) is 0 Å². The summed E-state index contributed by atoms with van der Waals surface area (Å²) >= 11 is 0. The predicted octanol–water partition coefficient (Wildman–Crippen LogP) is 0.189. The van der Waals surface area contributed by atoms with E-state index in [-0.39, 0.29) is 0 Å². The Hall–Kier alpha value is -2.52. The van der Waals surface area contributed by atoms with E-state index >= 15 is 0 Å². The van der Waals surface area contributed by atoms with Crippen molar-refractivity contribution in [1.29, 1.82) is 0 Å². The van der Waals surface area contributed by atoms with Crippen LogP contribution in [0.3, 0.4) is 0 Å². The fourth-order valence-electron chi connectivity index (χ4n) is 2.82. The van der Waals surface area contributed by atoms with Crippen LogP contribution in [0, 0.1) is 0 Å². The van der Waals surface area contributed by atoms with Crippen LogP contribution in [-0.4, -0.2) is 72.5 Å². The molecule has 0 bridgehead atoms. The van der Waals surface area contributed by atoms with Gasteiger partial charge in [-0.3, -0.25) is 4.98 Å². The molecule has 0 saturated carbocycles. The van der Waals surface area contributed by atoms with Gasteiger partial charge in [-0.25, -0.2) is 0 Å². The minimum atomic E-state index is 0.554. The molecule has 132 valence electrons. The van der Waals surface area contributed by atoms with Gasteiger partial charge < -0.3 is 25.0 Å². The fourth-order valence-corrected chi connectivity index (χ4v) is 2.82. The third-order valence-electron chi connectivity index (χ3n) is 4.22. The largest absolute Gasteiger partial charge is 0.397 e. The van der Waals surface area contributed by atoms with Gasteiger partial charge in [-0.05, 0) is 12.1 Å². The van der Waals surface area contributed by atoms with Gasteiger partial charge in [-0.1, -0.05) is 0 Å². The molecule has 0 aliphatic carbocycles. The number of pyridine rings is 1. The highest BCUT2D eigenvalue weighted by molar-refractivity contribution is 5.56. The van der Waals surface area contributed by atoms with E-state index in [4.69, 9.17) is 15.2 Å². The summed E-state index contributed by atoms with van der Waals surface area (Å²) in [5.74, 6) is 1.87. The Morgan fingerprint density at radius 1 is 0.800 bits per heavy atom. The van der Waals surface area contributed by atoms with E-state index in [0.717, 1.165) is 26.2 Å². The zero-order valence-electron chi connectivity index (χ0n) is 14.0. The van der Waals surface area contributed by atoms with Crippen LogP contribution < -0.4 is 15.5 Å². The Balaban J connectivity index is 1.72. The van der Waals surface area contributed by atoms with E-state index in [2.05, 4.69) is 29.7 Å². The SMILES string of the molecule is Nc1ccc(-c2nc(N3CCOCC3)nc(N3CCOCC3)n2)nc1. The first kappa shape index (κ1) is 16.0. The van der Waals surface area contributed by atoms with Crippen LogP contribution in [0.1, 0.15) is 0 Å². The van der Waals surface area contributed by atoms with Crippen LogP contribution in [0.5, 0.6) is 0 Å². The van der Waals surface area contributed by atoms with Crippen LogP contribution in [0.15, 0.2) is 18.3 Å². The topological polar surface area (TPSA) is 103 Å². The molecule has 9 nitrogen and oxygen atoms in total. The Bertz CT molecular complexity index is 677. The molecule has 2 aliphatic heterocycles. The molecule has 25 heavy (non-hydrogen) atoms. The fraction of sp³-hybridized carbons (Fsp3) is 0.500. The minimum Gasteiger partial charge on any atom is -0.397 e. The lowest BCUT2D eigenvalue weighted by atomic mass is 10.3. The molecule has 0 aromatic carbocycles. The van der Waals surface area contributed by atoms with E-state index in [9.17, 15) is 0 Å². The Labute approximate surface area is 145 Å². The summed E-state index contributed by atoms with van der Waals surface area (Å²) < 4.78 is 10.9. The van der Waals surface area contributed by atoms with Crippen LogP contribution in [0.2, 0.25) is 0 Å². The number of rotatable bonds is 3. The normalized spacial score (nSPS) is 18.4. The lowest BCUT2D eigenvalue weighted by Crippen LogP contribution is -2.40. The Kier molecular flexibility index (Phi) is 4.57. The zero-order valence-corrected chi connectivity index (χ0v) is 14.0. The lowest BCUT2D eigenvalue weighted by Gasteiger charge is -2.30. The number of hydrogen-bond donors (Lipinski definition) is 1. The Morgan fingerprint density at radius 3 is 1.84 bits per heavy atom. The summed E-state index contributed by atoms with van der Waals surface area (Å²) in [4.78, 5) is 22.6. The summed E-state index contributed by atoms with van der Waals surface area (Å²) in [6, 6.07) is 3.63. The summed E-state index contributed by atoms with van der Waals surface area (Å²) in [6.07, 6.45) is 1.61. The van der Waals surface area contributed by atoms with Crippen molar-refractivity contribution in [1.82, 2.24) is 19.9 Å². The van der Waals surface area contributed by atoms with Crippen molar-refractivity contribution >= 4 is 17.6 Å². The predicted molar refractivity (Wildman–Crippen MR) is 93.5 cm³/mol. The smallest absolute Gasteiger partial charge is 0.230 e. The van der Waals surface area contributed by atoms with Gasteiger partial charge >= 0.3 is 0 Å². The van der Waals surface area contributed by atoms with E-state index < -0.39 is 0 Å². The first-order chi connectivity index (χ1) is 12.3. The number of hydrogen-bond acceptors (Lipinski definition) is 9. The average molecular weight is 343 g/mol. The molecule has 2 aromatic heterocycles. The number of nitrogens with zero attached hydrogens (tertiary/aromatic N) is 6. The second-order valence-electron chi connectivity index (χ2n) is 5.93. The lowest BCUT2D eigenvalue weighted by molar-refractivity contribution is 0.121. The quantitative estimate of drug-likeness (QED) is 0.836. The Morgan fingerprint density at radius 2 is 1.36 bits per heavy atom. The van der Waals surface area contributed by atoms with Crippen molar-refractivity contribution in [3.05, 3.63) is 18.3 Å². The van der Waals surface area contributed by atoms with Crippen LogP contribution in [0.4, 0.5) is 17.6 Å². The second-order valence-corrected chi connectivity index (χ2v) is 5.93. The molecular weight excluding hydrogens is 322 g/mol. The molecule has 9 heteroatoms. The average Bonchev–Trinajstić information content (AvgIpc) is 2.69. The molecule has 2 saturated heterocycles. The summed E-state index contributed by atoms with van der Waals surface area (Å²) in [5, 5.41) is 0. The van der Waals surface area contributed by atoms with Crippen LogP contribution in [-0.2, 0) is 9.47 Å². The number of nitrogens with two attached hydrogens (primary N) is 1. The minimum absolute atomic E-state index is 0.554. The molecule has 2 aromatic rings. The number of aromatic nitrogens is 4. The van der Waals surface area contributed by atoms with Crippen molar-refractivity contribution in [2.75, 3.05) is 68.1 Å². The van der Waals surface area contributed by atoms with E-state index in [1.54, 1.807) is 12.3 Å². The molecule has 2 aliphatic rings. The molecular formula is C16H21N7O2. The highest BCUT2D eigenvalue weighted by Gasteiger charge is 2.21. The number of ether oxygens (including phenoxy) is 2. The standard InChI is InChI=1S/C16H21N7O2/c17-12-1-2-13(18-11-12)14-19-15(22-3-7-24-8-4-22)21-16(20-14)23-5-9-25-10-6-23/h1-2,11H,3-10,17H2. The molecule has 0 radical (unpaired) electrons. The van der Waals surface area contributed by atoms with Crippen LogP contribution in [0.25, 0.3) is 11.5 Å². The molecule has 0 atom stereocenters. The number of morpholine rings is 2. The summed E-state index contributed by atoms with van der Waals surface area (Å²) in [6.45, 7) is 5.76. The molecule has 4 heterocycles. The molecule has 0 spiro atoms. The van der Waals surface area contributed by atoms with Gasteiger partial charge in [-0.15, -0.1) is 0 Å². The van der Waals surface area contributed by atoms with E-state index in [1.165, 1.54) is 0 Å². The van der Waals surface area contributed by atoms with Gasteiger partial charge in [0.05, 0.1) is 38.3 Å². The number of anilines is 3. The van der Waals surface area contributed by atoms with Gasteiger partial charge in [-0.2, -0.15) is 15.0 Å². The van der Waals surface area contributed by atoms with Crippen molar-refractivity contribution in [2.24, 2.45) is 0 Å². The second kappa shape index (κ2) is 7.16. The highest BCUT2D eigenvalue weighted by atomic mass is 16.5. The van der Waals surface area contributed by atoms with Crippen molar-refractivity contribution in [3.63, 3.8) is 0 Å². The monoisotopic (exact) mass is 343 g/mol. The van der Waals surface area contributed by atoms with Gasteiger partial charge in [0, 0.05) is 26.2 Å². The summed E-state index contributed by atoms with van der Waals surface area (Å²) in [7, 11) is 0. The van der Waals surface area contributed by atoms with Crippen molar-refractivity contribution in [2.45, 2.75) is 0 Å². The van der Waals surface area contributed by atoms with Gasteiger partial charge in [0.2, 0.25) is 11.9 Å². The van der Waals surface area contributed by atoms with E-state index in [1.807, 2.05) is 6.07 Å². The third-order valence-corrected chi connectivity index (χ3v) is 4.22. The molecule has 2 fully saturated rings. The maximum atomic E-state index is 5.74. The van der Waals surface area contributed by atoms with E-state index in [0.29, 0.717) is 55.5 Å². The van der Waals surface area contributed by atoms with Gasteiger partial charge in [0.15, 0.2) is 5.82 Å². The van der Waals surface area contributed by atoms with Crippen molar-refractivity contribution < 1.29 is 9.47 Å². The maximum absolute atomic E-state index is 5.74. The molecule has 0 unspecified atom stereocenters. The maximum Gasteiger partial charge on any atom is 0.230 e. The number of nitrogen functional groups attached to an aromatic ring is 1. The van der Waals surface area contributed by atoms with Crippen LogP contribution >= 0.6 is 0 Å². The molecule has 0 amide bonds. The first-order valence-electron chi connectivity index (χ1n) is 8.43. The highest BCUT2D eigenvalue weighted by Crippen LogP contribution is 2.21. The zero-order chi connectivity index (χ0) is 17.1. The summed E-state index contributed by atoms with van der Waals surface area (Å²) in [5.41, 5.74) is 7.03. The third kappa shape index (κ3) is 3.62.